The average molecular weight is 304 g/mol. The third-order valence-corrected chi connectivity index (χ3v) is 5.16. The largest absolute Gasteiger partial charge is 0.367 e. The summed E-state index contributed by atoms with van der Waals surface area (Å²) in [6.07, 6.45) is 2.48. The van der Waals surface area contributed by atoms with Crippen molar-refractivity contribution in [1.82, 2.24) is 5.32 Å². The lowest BCUT2D eigenvalue weighted by molar-refractivity contribution is 0.617. The summed E-state index contributed by atoms with van der Waals surface area (Å²) in [5, 5.41) is 5.58. The predicted molar refractivity (Wildman–Crippen MR) is 87.4 cm³/mol. The summed E-state index contributed by atoms with van der Waals surface area (Å²) in [4.78, 5) is 3.55. The van der Waals surface area contributed by atoms with Crippen LogP contribution in [0.25, 0.3) is 0 Å². The summed E-state index contributed by atoms with van der Waals surface area (Å²) >= 11 is 1.76. The molecule has 1 unspecified atom stereocenters. The smallest absolute Gasteiger partial charge is 0.123 e. The molecule has 1 N–H and O–H groups in total. The van der Waals surface area contributed by atoms with Crippen molar-refractivity contribution in [3.05, 3.63) is 52.0 Å². The van der Waals surface area contributed by atoms with E-state index in [0.717, 1.165) is 17.8 Å². The normalized spacial score (nSPS) is 16.0. The highest BCUT2D eigenvalue weighted by atomic mass is 32.1. The van der Waals surface area contributed by atoms with E-state index in [2.05, 4.69) is 41.7 Å². The Morgan fingerprint density at radius 3 is 2.86 bits per heavy atom. The summed E-state index contributed by atoms with van der Waals surface area (Å²) in [5.74, 6) is -0.163. The van der Waals surface area contributed by atoms with Crippen molar-refractivity contribution in [2.24, 2.45) is 0 Å². The van der Waals surface area contributed by atoms with E-state index < -0.39 is 0 Å². The molecule has 112 valence electrons. The van der Waals surface area contributed by atoms with Crippen LogP contribution in [-0.2, 0) is 6.54 Å². The quantitative estimate of drug-likeness (QED) is 0.854. The molecule has 1 aromatic heterocycles. The van der Waals surface area contributed by atoms with Crippen LogP contribution < -0.4 is 10.2 Å². The van der Waals surface area contributed by atoms with E-state index in [-0.39, 0.29) is 11.9 Å². The van der Waals surface area contributed by atoms with Gasteiger partial charge in [-0.15, -0.1) is 11.3 Å². The monoisotopic (exact) mass is 304 g/mol. The average Bonchev–Trinajstić information content (AvgIpc) is 3.15. The maximum absolute atomic E-state index is 13.6. The molecule has 21 heavy (non-hydrogen) atoms. The standard InChI is InChI=1S/C17H21FN2S/c1-12(17-4-3-9-21-17)20(2)16-8-5-14(18)10-13(16)11-19-15-6-7-15/h3-5,8-10,12,15,19H,6-7,11H2,1-2H3. The number of nitrogens with zero attached hydrogens (tertiary/aromatic N) is 1. The van der Waals surface area contributed by atoms with Gasteiger partial charge in [-0.25, -0.2) is 4.39 Å². The van der Waals surface area contributed by atoms with E-state index in [1.807, 2.05) is 6.07 Å². The Kier molecular flexibility index (Phi) is 4.27. The Hall–Kier alpha value is -1.39. The third kappa shape index (κ3) is 3.44. The van der Waals surface area contributed by atoms with Gasteiger partial charge in [0.15, 0.2) is 0 Å². The number of thiophene rings is 1. The minimum atomic E-state index is -0.163. The molecule has 1 aliphatic rings. The van der Waals surface area contributed by atoms with Gasteiger partial charge in [-0.3, -0.25) is 0 Å². The Balaban J connectivity index is 1.81. The highest BCUT2D eigenvalue weighted by molar-refractivity contribution is 7.10. The second-order valence-electron chi connectivity index (χ2n) is 5.73. The lowest BCUT2D eigenvalue weighted by atomic mass is 10.1. The number of hydrogen-bond acceptors (Lipinski definition) is 3. The number of nitrogens with one attached hydrogen (secondary N) is 1. The maximum Gasteiger partial charge on any atom is 0.123 e. The first-order valence-corrected chi connectivity index (χ1v) is 8.31. The van der Waals surface area contributed by atoms with Crippen LogP contribution in [0.3, 0.4) is 0 Å². The Labute approximate surface area is 129 Å². The van der Waals surface area contributed by atoms with Crippen molar-refractivity contribution in [1.29, 1.82) is 0 Å². The zero-order valence-electron chi connectivity index (χ0n) is 12.5. The van der Waals surface area contributed by atoms with Crippen molar-refractivity contribution < 1.29 is 4.39 Å². The summed E-state index contributed by atoms with van der Waals surface area (Å²) in [5.41, 5.74) is 2.14. The summed E-state index contributed by atoms with van der Waals surface area (Å²) in [6, 6.07) is 10.2. The number of benzene rings is 1. The number of halogens is 1. The molecule has 2 nitrogen and oxygen atoms in total. The molecule has 0 saturated heterocycles. The first kappa shape index (κ1) is 14.5. The lowest BCUT2D eigenvalue weighted by Gasteiger charge is -2.28. The SMILES string of the molecule is CC(c1cccs1)N(C)c1ccc(F)cc1CNC1CC1. The summed E-state index contributed by atoms with van der Waals surface area (Å²) < 4.78 is 13.6. The van der Waals surface area contributed by atoms with Crippen molar-refractivity contribution in [3.8, 4) is 0 Å². The summed E-state index contributed by atoms with van der Waals surface area (Å²) in [6.45, 7) is 2.92. The van der Waals surface area contributed by atoms with Gasteiger partial charge in [-0.05, 0) is 55.0 Å². The zero-order chi connectivity index (χ0) is 14.8. The van der Waals surface area contributed by atoms with Crippen molar-refractivity contribution in [2.75, 3.05) is 11.9 Å². The van der Waals surface area contributed by atoms with Crippen molar-refractivity contribution >= 4 is 17.0 Å². The van der Waals surface area contributed by atoms with E-state index in [0.29, 0.717) is 6.04 Å². The molecular formula is C17H21FN2S. The molecular weight excluding hydrogens is 283 g/mol. The van der Waals surface area contributed by atoms with Crippen LogP contribution in [0.1, 0.15) is 36.2 Å². The molecule has 2 aromatic rings. The molecule has 1 heterocycles. The van der Waals surface area contributed by atoms with Crippen LogP contribution in [0, 0.1) is 5.82 Å². The Bertz CT molecular complexity index is 593. The molecule has 0 amide bonds. The Morgan fingerprint density at radius 1 is 1.38 bits per heavy atom. The predicted octanol–water partition coefficient (Wildman–Crippen LogP) is 4.34. The van der Waals surface area contributed by atoms with Gasteiger partial charge < -0.3 is 10.2 Å². The van der Waals surface area contributed by atoms with E-state index in [9.17, 15) is 4.39 Å². The van der Waals surface area contributed by atoms with Crippen LogP contribution in [0.4, 0.5) is 10.1 Å². The third-order valence-electron chi connectivity index (χ3n) is 4.12. The number of hydrogen-bond donors (Lipinski definition) is 1. The highest BCUT2D eigenvalue weighted by Crippen LogP contribution is 2.31. The fourth-order valence-electron chi connectivity index (χ4n) is 2.51. The molecule has 1 aliphatic carbocycles. The molecule has 1 aromatic carbocycles. The van der Waals surface area contributed by atoms with Gasteiger partial charge in [0, 0.05) is 30.2 Å². The van der Waals surface area contributed by atoms with Crippen molar-refractivity contribution in [2.45, 2.75) is 38.4 Å². The molecule has 0 aliphatic heterocycles. The van der Waals surface area contributed by atoms with Gasteiger partial charge in [-0.2, -0.15) is 0 Å². The van der Waals surface area contributed by atoms with Gasteiger partial charge in [0.05, 0.1) is 6.04 Å². The van der Waals surface area contributed by atoms with Crippen LogP contribution in [0.5, 0.6) is 0 Å². The minimum Gasteiger partial charge on any atom is -0.367 e. The molecule has 3 rings (SSSR count). The van der Waals surface area contributed by atoms with E-state index in [1.165, 1.54) is 17.7 Å². The molecule has 4 heteroatoms. The molecule has 0 radical (unpaired) electrons. The van der Waals surface area contributed by atoms with Crippen molar-refractivity contribution in [3.63, 3.8) is 0 Å². The Morgan fingerprint density at radius 2 is 2.19 bits per heavy atom. The van der Waals surface area contributed by atoms with E-state index in [1.54, 1.807) is 23.5 Å². The second-order valence-corrected chi connectivity index (χ2v) is 6.71. The topological polar surface area (TPSA) is 15.3 Å². The van der Waals surface area contributed by atoms with Gasteiger partial charge in [0.25, 0.3) is 0 Å². The molecule has 1 atom stereocenters. The summed E-state index contributed by atoms with van der Waals surface area (Å²) in [7, 11) is 2.08. The number of rotatable bonds is 6. The van der Waals surface area contributed by atoms with Gasteiger partial charge in [0.1, 0.15) is 5.82 Å². The molecule has 0 bridgehead atoms. The molecule has 0 spiro atoms. The zero-order valence-corrected chi connectivity index (χ0v) is 13.3. The maximum atomic E-state index is 13.6. The molecule has 1 fully saturated rings. The van der Waals surface area contributed by atoms with Crippen LogP contribution in [0.2, 0.25) is 0 Å². The van der Waals surface area contributed by atoms with Gasteiger partial charge in [0.2, 0.25) is 0 Å². The van der Waals surface area contributed by atoms with E-state index >= 15 is 0 Å². The fraction of sp³-hybridized carbons (Fsp3) is 0.412. The molecule has 1 saturated carbocycles. The van der Waals surface area contributed by atoms with Crippen LogP contribution >= 0.6 is 11.3 Å². The highest BCUT2D eigenvalue weighted by Gasteiger charge is 2.22. The van der Waals surface area contributed by atoms with Crippen LogP contribution in [-0.4, -0.2) is 13.1 Å². The number of anilines is 1. The minimum absolute atomic E-state index is 0.163. The fourth-order valence-corrected chi connectivity index (χ4v) is 3.34. The van der Waals surface area contributed by atoms with Crippen LogP contribution in [0.15, 0.2) is 35.7 Å². The first-order valence-electron chi connectivity index (χ1n) is 7.43. The van der Waals surface area contributed by atoms with E-state index in [4.69, 9.17) is 0 Å². The van der Waals surface area contributed by atoms with Gasteiger partial charge >= 0.3 is 0 Å². The van der Waals surface area contributed by atoms with Gasteiger partial charge in [-0.1, -0.05) is 6.07 Å². The first-order chi connectivity index (χ1) is 10.1. The lowest BCUT2D eigenvalue weighted by Crippen LogP contribution is -2.24. The second kappa shape index (κ2) is 6.16.